The van der Waals surface area contributed by atoms with Gasteiger partial charge in [-0.1, -0.05) is 0 Å². The van der Waals surface area contributed by atoms with Crippen molar-refractivity contribution in [2.75, 3.05) is 13.7 Å². The SMILES string of the molecule is COC(=O)C(CC1C=NC=N1)NCC12CC3CC(CC(C3)C1)C2. The average molecular weight is 317 g/mol. The van der Waals surface area contributed by atoms with Crippen molar-refractivity contribution in [3.63, 3.8) is 0 Å². The summed E-state index contributed by atoms with van der Waals surface area (Å²) in [6, 6.07) is -0.275. The molecular formula is C18H27N3O2. The fraction of sp³-hybridized carbons (Fsp3) is 0.833. The molecule has 0 saturated heterocycles. The highest BCUT2D eigenvalue weighted by Crippen LogP contribution is 2.59. The first kappa shape index (κ1) is 15.3. The number of esters is 1. The van der Waals surface area contributed by atoms with Crippen molar-refractivity contribution in [1.82, 2.24) is 5.32 Å². The van der Waals surface area contributed by atoms with Crippen molar-refractivity contribution in [2.45, 2.75) is 57.0 Å². The summed E-state index contributed by atoms with van der Waals surface area (Å²) in [6.45, 7) is 0.948. The summed E-state index contributed by atoms with van der Waals surface area (Å²) in [4.78, 5) is 20.4. The molecule has 0 radical (unpaired) electrons. The van der Waals surface area contributed by atoms with Crippen LogP contribution in [0.3, 0.4) is 0 Å². The topological polar surface area (TPSA) is 63.0 Å². The van der Waals surface area contributed by atoms with Gasteiger partial charge >= 0.3 is 5.97 Å². The number of aliphatic imine (C=N–C) groups is 2. The minimum absolute atomic E-state index is 0.00274. The number of methoxy groups -OCH3 is 1. The standard InChI is InChI=1S/C18H27N3O2/c1-23-17(22)16(5-15-9-19-11-21-15)20-10-18-6-12-2-13(7-18)4-14(3-12)8-18/h9,11-16,20H,2-8,10H2,1H3. The van der Waals surface area contributed by atoms with Crippen molar-refractivity contribution >= 4 is 18.5 Å². The lowest BCUT2D eigenvalue weighted by Gasteiger charge is -2.57. The van der Waals surface area contributed by atoms with Crippen LogP contribution in [0.5, 0.6) is 0 Å². The highest BCUT2D eigenvalue weighted by Gasteiger charge is 2.50. The Hall–Kier alpha value is -1.23. The van der Waals surface area contributed by atoms with Crippen molar-refractivity contribution in [1.29, 1.82) is 0 Å². The highest BCUT2D eigenvalue weighted by atomic mass is 16.5. The zero-order valence-electron chi connectivity index (χ0n) is 13.9. The molecule has 126 valence electrons. The number of carbonyl (C=O) groups is 1. The monoisotopic (exact) mass is 317 g/mol. The van der Waals surface area contributed by atoms with Gasteiger partial charge in [-0.15, -0.1) is 0 Å². The first-order chi connectivity index (χ1) is 11.2. The molecule has 4 bridgehead atoms. The quantitative estimate of drug-likeness (QED) is 0.764. The van der Waals surface area contributed by atoms with E-state index >= 15 is 0 Å². The zero-order valence-corrected chi connectivity index (χ0v) is 13.9. The fourth-order valence-corrected chi connectivity index (χ4v) is 5.92. The third-order valence-electron chi connectivity index (χ3n) is 6.43. The minimum atomic E-state index is -0.278. The van der Waals surface area contributed by atoms with E-state index in [1.54, 1.807) is 6.34 Å². The Bertz CT molecular complexity index is 481. The molecule has 4 saturated carbocycles. The van der Waals surface area contributed by atoms with E-state index in [4.69, 9.17) is 4.74 Å². The summed E-state index contributed by atoms with van der Waals surface area (Å²) in [5, 5.41) is 3.54. The van der Waals surface area contributed by atoms with Crippen LogP contribution >= 0.6 is 0 Å². The lowest BCUT2D eigenvalue weighted by molar-refractivity contribution is -0.143. The number of rotatable bonds is 6. The molecule has 5 nitrogen and oxygen atoms in total. The van der Waals surface area contributed by atoms with Crippen LogP contribution in [0.2, 0.25) is 0 Å². The van der Waals surface area contributed by atoms with Crippen molar-refractivity contribution in [3.8, 4) is 0 Å². The summed E-state index contributed by atoms with van der Waals surface area (Å²) in [7, 11) is 1.47. The van der Waals surface area contributed by atoms with Crippen LogP contribution in [0.1, 0.15) is 44.9 Å². The van der Waals surface area contributed by atoms with Crippen LogP contribution in [0.15, 0.2) is 9.98 Å². The van der Waals surface area contributed by atoms with Crippen LogP contribution in [-0.4, -0.2) is 44.3 Å². The van der Waals surface area contributed by atoms with Gasteiger partial charge in [-0.2, -0.15) is 0 Å². The molecule has 0 aromatic rings. The van der Waals surface area contributed by atoms with Crippen molar-refractivity contribution < 1.29 is 9.53 Å². The van der Waals surface area contributed by atoms with Crippen LogP contribution in [0, 0.1) is 23.2 Å². The van der Waals surface area contributed by atoms with E-state index in [2.05, 4.69) is 15.3 Å². The molecule has 4 fully saturated rings. The minimum Gasteiger partial charge on any atom is -0.468 e. The predicted molar refractivity (Wildman–Crippen MR) is 89.8 cm³/mol. The Balaban J connectivity index is 1.40. The molecule has 5 rings (SSSR count). The van der Waals surface area contributed by atoms with Gasteiger partial charge in [0.2, 0.25) is 0 Å². The Morgan fingerprint density at radius 2 is 1.91 bits per heavy atom. The normalized spacial score (nSPS) is 41.4. The van der Waals surface area contributed by atoms with E-state index in [1.807, 2.05) is 6.21 Å². The molecule has 1 aliphatic heterocycles. The van der Waals surface area contributed by atoms with E-state index in [0.717, 1.165) is 24.3 Å². The lowest BCUT2D eigenvalue weighted by Crippen LogP contribution is -2.53. The highest BCUT2D eigenvalue weighted by molar-refractivity contribution is 5.83. The Morgan fingerprint density at radius 1 is 1.26 bits per heavy atom. The average Bonchev–Trinajstić information content (AvgIpc) is 3.02. The third kappa shape index (κ3) is 3.08. The largest absolute Gasteiger partial charge is 0.468 e. The second-order valence-electron chi connectivity index (χ2n) is 8.24. The third-order valence-corrected chi connectivity index (χ3v) is 6.43. The van der Waals surface area contributed by atoms with Gasteiger partial charge in [-0.05, 0) is 61.7 Å². The summed E-state index contributed by atoms with van der Waals surface area (Å²) in [5.74, 6) is 2.63. The van der Waals surface area contributed by atoms with Gasteiger partial charge in [-0.25, -0.2) is 4.99 Å². The Labute approximate surface area is 138 Å². The first-order valence-corrected chi connectivity index (χ1v) is 9.02. The predicted octanol–water partition coefficient (Wildman–Crippen LogP) is 2.21. The number of nitrogens with zero attached hydrogens (tertiary/aromatic N) is 2. The van der Waals surface area contributed by atoms with E-state index in [1.165, 1.54) is 45.6 Å². The molecule has 0 aromatic heterocycles. The molecule has 1 heterocycles. The molecule has 5 heteroatoms. The van der Waals surface area contributed by atoms with Gasteiger partial charge in [0.05, 0.1) is 13.2 Å². The smallest absolute Gasteiger partial charge is 0.322 e. The molecule has 23 heavy (non-hydrogen) atoms. The molecule has 2 unspecified atom stereocenters. The maximum absolute atomic E-state index is 12.1. The van der Waals surface area contributed by atoms with Crippen molar-refractivity contribution in [3.05, 3.63) is 0 Å². The number of hydrogen-bond donors (Lipinski definition) is 1. The molecule has 2 atom stereocenters. The van der Waals surface area contributed by atoms with Gasteiger partial charge in [0.15, 0.2) is 0 Å². The molecule has 4 aliphatic carbocycles. The zero-order chi connectivity index (χ0) is 15.9. The number of hydrogen-bond acceptors (Lipinski definition) is 5. The van der Waals surface area contributed by atoms with Crippen LogP contribution < -0.4 is 5.32 Å². The van der Waals surface area contributed by atoms with Gasteiger partial charge in [0.1, 0.15) is 12.4 Å². The maximum Gasteiger partial charge on any atom is 0.322 e. The summed E-state index contributed by atoms with van der Waals surface area (Å²) in [6.07, 6.45) is 12.4. The molecule has 0 amide bonds. The summed E-state index contributed by atoms with van der Waals surface area (Å²) >= 11 is 0. The molecule has 5 aliphatic rings. The van der Waals surface area contributed by atoms with E-state index in [9.17, 15) is 4.79 Å². The second-order valence-corrected chi connectivity index (χ2v) is 8.24. The van der Waals surface area contributed by atoms with Crippen molar-refractivity contribution in [2.24, 2.45) is 33.2 Å². The molecule has 1 N–H and O–H groups in total. The van der Waals surface area contributed by atoms with Gasteiger partial charge in [-0.3, -0.25) is 9.79 Å². The molecular weight excluding hydrogens is 290 g/mol. The van der Waals surface area contributed by atoms with Crippen LogP contribution in [0.4, 0.5) is 0 Å². The fourth-order valence-electron chi connectivity index (χ4n) is 5.92. The number of ether oxygens (including phenoxy) is 1. The number of nitrogens with one attached hydrogen (secondary N) is 1. The maximum atomic E-state index is 12.1. The summed E-state index contributed by atoms with van der Waals surface area (Å²) in [5.41, 5.74) is 0.425. The van der Waals surface area contributed by atoms with Gasteiger partial charge in [0, 0.05) is 19.2 Å². The Morgan fingerprint density at radius 3 is 2.43 bits per heavy atom. The van der Waals surface area contributed by atoms with E-state index < -0.39 is 0 Å². The van der Waals surface area contributed by atoms with Gasteiger partial charge < -0.3 is 10.1 Å². The van der Waals surface area contributed by atoms with Gasteiger partial charge in [0.25, 0.3) is 0 Å². The van der Waals surface area contributed by atoms with Crippen LogP contribution in [-0.2, 0) is 9.53 Å². The summed E-state index contributed by atoms with van der Waals surface area (Å²) < 4.78 is 5.00. The number of carbonyl (C=O) groups excluding carboxylic acids is 1. The molecule has 0 aromatic carbocycles. The lowest BCUT2D eigenvalue weighted by atomic mass is 9.49. The van der Waals surface area contributed by atoms with E-state index in [-0.39, 0.29) is 18.1 Å². The van der Waals surface area contributed by atoms with Crippen LogP contribution in [0.25, 0.3) is 0 Å². The second kappa shape index (κ2) is 6.00. The first-order valence-electron chi connectivity index (χ1n) is 9.02. The molecule has 0 spiro atoms. The van der Waals surface area contributed by atoms with E-state index in [0.29, 0.717) is 11.8 Å². The Kier molecular flexibility index (Phi) is 4.00.